The predicted molar refractivity (Wildman–Crippen MR) is 136 cm³/mol. The van der Waals surface area contributed by atoms with E-state index in [0.29, 0.717) is 17.1 Å². The number of Topliss-reactive ketones (excluding diaryl/α,β-unsaturated/α-hetero) is 1. The van der Waals surface area contributed by atoms with Gasteiger partial charge in [0.1, 0.15) is 5.75 Å². The summed E-state index contributed by atoms with van der Waals surface area (Å²) in [4.78, 5) is 14.1. The van der Waals surface area contributed by atoms with Crippen LogP contribution < -0.4 is 14.2 Å². The third-order valence-corrected chi connectivity index (χ3v) is 6.45. The number of carbonyl (C=O) groups is 1. The summed E-state index contributed by atoms with van der Waals surface area (Å²) in [5.41, 5.74) is 4.88. The minimum atomic E-state index is -0.407. The van der Waals surface area contributed by atoms with Crippen LogP contribution in [0.15, 0.2) is 85.0 Å². The van der Waals surface area contributed by atoms with Crippen LogP contribution in [-0.2, 0) is 0 Å². The topological polar surface area (TPSA) is 44.8 Å². The highest BCUT2D eigenvalue weighted by molar-refractivity contribution is 6.03. The second kappa shape index (κ2) is 10.4. The SMILES string of the molecule is C=CCCC1=Cc2cc(OC)c(OC)cc2[C@@H](C(=O)c2ccccc2)[C@@H]1c1ccc(OC)cc1. The Morgan fingerprint density at radius 2 is 1.59 bits per heavy atom. The lowest BCUT2D eigenvalue weighted by Gasteiger charge is -2.35. The number of benzene rings is 3. The van der Waals surface area contributed by atoms with Gasteiger partial charge in [-0.1, -0.05) is 60.2 Å². The van der Waals surface area contributed by atoms with Gasteiger partial charge in [0.25, 0.3) is 0 Å². The van der Waals surface area contributed by atoms with Gasteiger partial charge in [0, 0.05) is 11.5 Å². The summed E-state index contributed by atoms with van der Waals surface area (Å²) in [6.45, 7) is 3.91. The van der Waals surface area contributed by atoms with Crippen molar-refractivity contribution in [2.45, 2.75) is 24.7 Å². The maximum Gasteiger partial charge on any atom is 0.171 e. The fourth-order valence-electron chi connectivity index (χ4n) is 4.78. The molecule has 0 radical (unpaired) electrons. The molecule has 34 heavy (non-hydrogen) atoms. The Labute approximate surface area is 201 Å². The Balaban J connectivity index is 1.95. The molecule has 2 atom stereocenters. The molecule has 1 aliphatic carbocycles. The highest BCUT2D eigenvalue weighted by Crippen LogP contribution is 2.50. The van der Waals surface area contributed by atoms with E-state index in [1.807, 2.05) is 60.7 Å². The Bertz CT molecular complexity index is 1190. The summed E-state index contributed by atoms with van der Waals surface area (Å²) >= 11 is 0. The summed E-state index contributed by atoms with van der Waals surface area (Å²) < 4.78 is 16.6. The molecule has 1 aliphatic rings. The van der Waals surface area contributed by atoms with Gasteiger partial charge in [-0.3, -0.25) is 4.79 Å². The standard InChI is InChI=1S/C30H30O4/c1-5-6-10-22-17-23-18-26(33-3)27(34-4)19-25(23)29(30(31)21-11-8-7-9-12-21)28(22)20-13-15-24(32-2)16-14-20/h5,7-9,11-19,28-29H,1,6,10H2,2-4H3/t28-,29-/m1/s1. The first-order valence-electron chi connectivity index (χ1n) is 11.4. The molecule has 0 heterocycles. The average molecular weight is 455 g/mol. The van der Waals surface area contributed by atoms with E-state index in [9.17, 15) is 4.79 Å². The van der Waals surface area contributed by atoms with Crippen molar-refractivity contribution in [3.05, 3.63) is 107 Å². The van der Waals surface area contributed by atoms with E-state index in [4.69, 9.17) is 14.2 Å². The van der Waals surface area contributed by atoms with Gasteiger partial charge in [0.15, 0.2) is 17.3 Å². The van der Waals surface area contributed by atoms with Crippen molar-refractivity contribution in [1.82, 2.24) is 0 Å². The van der Waals surface area contributed by atoms with E-state index in [2.05, 4.69) is 24.8 Å². The summed E-state index contributed by atoms with van der Waals surface area (Å²) in [5, 5.41) is 0. The molecule has 0 saturated carbocycles. The average Bonchev–Trinajstić information content (AvgIpc) is 2.90. The number of rotatable bonds is 9. The number of hydrogen-bond acceptors (Lipinski definition) is 4. The highest BCUT2D eigenvalue weighted by Gasteiger charge is 2.38. The number of methoxy groups -OCH3 is 3. The zero-order valence-corrected chi connectivity index (χ0v) is 19.9. The predicted octanol–water partition coefficient (Wildman–Crippen LogP) is 6.83. The summed E-state index contributed by atoms with van der Waals surface area (Å²) in [6, 6.07) is 21.5. The molecule has 4 rings (SSSR count). The lowest BCUT2D eigenvalue weighted by Crippen LogP contribution is -2.26. The van der Waals surface area contributed by atoms with Crippen LogP contribution in [0.2, 0.25) is 0 Å². The van der Waals surface area contributed by atoms with E-state index in [1.165, 1.54) is 5.57 Å². The van der Waals surface area contributed by atoms with Crippen molar-refractivity contribution in [1.29, 1.82) is 0 Å². The Morgan fingerprint density at radius 1 is 0.912 bits per heavy atom. The van der Waals surface area contributed by atoms with Crippen molar-refractivity contribution >= 4 is 11.9 Å². The van der Waals surface area contributed by atoms with Crippen molar-refractivity contribution < 1.29 is 19.0 Å². The number of allylic oxidation sites excluding steroid dienone is 2. The van der Waals surface area contributed by atoms with E-state index >= 15 is 0 Å². The first-order chi connectivity index (χ1) is 16.6. The van der Waals surface area contributed by atoms with Gasteiger partial charge >= 0.3 is 0 Å². The Hall–Kier alpha value is -3.79. The number of ether oxygens (including phenoxy) is 3. The molecule has 3 aromatic rings. The molecule has 4 nitrogen and oxygen atoms in total. The van der Waals surface area contributed by atoms with Crippen molar-refractivity contribution in [3.63, 3.8) is 0 Å². The van der Waals surface area contributed by atoms with E-state index in [1.54, 1.807) is 21.3 Å². The van der Waals surface area contributed by atoms with Crippen molar-refractivity contribution in [2.75, 3.05) is 21.3 Å². The molecule has 0 N–H and O–H groups in total. The first-order valence-corrected chi connectivity index (χ1v) is 11.4. The van der Waals surface area contributed by atoms with Gasteiger partial charge in [0.2, 0.25) is 0 Å². The second-order valence-corrected chi connectivity index (χ2v) is 8.34. The fourth-order valence-corrected chi connectivity index (χ4v) is 4.78. The number of fused-ring (bicyclic) bond motifs is 1. The molecule has 0 spiro atoms. The van der Waals surface area contributed by atoms with Gasteiger partial charge in [-0.25, -0.2) is 0 Å². The quantitative estimate of drug-likeness (QED) is 0.263. The lowest BCUT2D eigenvalue weighted by molar-refractivity contribution is 0.0949. The number of ketones is 1. The number of carbonyl (C=O) groups excluding carboxylic acids is 1. The lowest BCUT2D eigenvalue weighted by atomic mass is 9.68. The smallest absolute Gasteiger partial charge is 0.171 e. The molecule has 0 aromatic heterocycles. The fraction of sp³-hybridized carbons (Fsp3) is 0.233. The minimum absolute atomic E-state index is 0.0825. The minimum Gasteiger partial charge on any atom is -0.497 e. The van der Waals surface area contributed by atoms with E-state index in [-0.39, 0.29) is 11.7 Å². The van der Waals surface area contributed by atoms with Crippen LogP contribution in [0, 0.1) is 0 Å². The molecule has 0 bridgehead atoms. The zero-order valence-electron chi connectivity index (χ0n) is 19.9. The molecule has 3 aromatic carbocycles. The van der Waals surface area contributed by atoms with Gasteiger partial charge in [-0.05, 0) is 53.8 Å². The van der Waals surface area contributed by atoms with Gasteiger partial charge in [-0.2, -0.15) is 0 Å². The van der Waals surface area contributed by atoms with Gasteiger partial charge in [0.05, 0.1) is 27.2 Å². The maximum absolute atomic E-state index is 14.1. The summed E-state index contributed by atoms with van der Waals surface area (Å²) in [6.07, 6.45) is 5.76. The molecule has 0 amide bonds. The first kappa shape index (κ1) is 23.4. The van der Waals surface area contributed by atoms with Crippen LogP contribution in [-0.4, -0.2) is 27.1 Å². The summed E-state index contributed by atoms with van der Waals surface area (Å²) in [7, 11) is 4.90. The number of hydrogen-bond donors (Lipinski definition) is 0. The zero-order chi connectivity index (χ0) is 24.1. The monoisotopic (exact) mass is 454 g/mol. The Morgan fingerprint density at radius 3 is 2.21 bits per heavy atom. The van der Waals surface area contributed by atoms with Crippen molar-refractivity contribution in [3.8, 4) is 17.2 Å². The normalized spacial score (nSPS) is 16.7. The van der Waals surface area contributed by atoms with Gasteiger partial charge in [-0.15, -0.1) is 6.58 Å². The summed E-state index contributed by atoms with van der Waals surface area (Å²) in [5.74, 6) is 1.60. The molecule has 4 heteroatoms. The highest BCUT2D eigenvalue weighted by atomic mass is 16.5. The second-order valence-electron chi connectivity index (χ2n) is 8.34. The van der Waals surface area contributed by atoms with Crippen LogP contribution in [0.4, 0.5) is 0 Å². The third kappa shape index (κ3) is 4.49. The maximum atomic E-state index is 14.1. The van der Waals surface area contributed by atoms with Gasteiger partial charge < -0.3 is 14.2 Å². The molecule has 0 unspecified atom stereocenters. The van der Waals surface area contributed by atoms with Crippen LogP contribution in [0.25, 0.3) is 6.08 Å². The third-order valence-electron chi connectivity index (χ3n) is 6.45. The van der Waals surface area contributed by atoms with Crippen LogP contribution >= 0.6 is 0 Å². The molecule has 0 saturated heterocycles. The van der Waals surface area contributed by atoms with Crippen molar-refractivity contribution in [2.24, 2.45) is 0 Å². The van der Waals surface area contributed by atoms with Crippen LogP contribution in [0.3, 0.4) is 0 Å². The van der Waals surface area contributed by atoms with E-state index < -0.39 is 5.92 Å². The van der Waals surface area contributed by atoms with E-state index in [0.717, 1.165) is 35.3 Å². The largest absolute Gasteiger partial charge is 0.497 e. The van der Waals surface area contributed by atoms with Crippen LogP contribution in [0.5, 0.6) is 17.2 Å². The molecule has 174 valence electrons. The molecule has 0 aliphatic heterocycles. The molecular formula is C30H30O4. The van der Waals surface area contributed by atoms with Crippen LogP contribution in [0.1, 0.15) is 51.7 Å². The molecule has 0 fully saturated rings. The Kier molecular flexibility index (Phi) is 7.17. The molecular weight excluding hydrogens is 424 g/mol.